The van der Waals surface area contributed by atoms with Gasteiger partial charge in [0.05, 0.1) is 24.9 Å². The quantitative estimate of drug-likeness (QED) is 0.268. The van der Waals surface area contributed by atoms with Crippen molar-refractivity contribution in [3.8, 4) is 5.75 Å². The monoisotopic (exact) mass is 745 g/mol. The van der Waals surface area contributed by atoms with Gasteiger partial charge in [-0.3, -0.25) is 14.4 Å². The summed E-state index contributed by atoms with van der Waals surface area (Å²) in [5, 5.41) is 14.6. The molecule has 6 rings (SSSR count). The number of Topliss-reactive ketones (excluding diaryl/α,β-unsaturated/α-hetero) is 1. The van der Waals surface area contributed by atoms with Crippen LogP contribution in [-0.2, 0) is 30.3 Å². The van der Waals surface area contributed by atoms with Crippen molar-refractivity contribution >= 4 is 34.8 Å². The van der Waals surface area contributed by atoms with Crippen LogP contribution in [0.5, 0.6) is 5.75 Å². The molecule has 0 spiro atoms. The number of alkyl halides is 1. The van der Waals surface area contributed by atoms with E-state index in [-0.39, 0.29) is 41.5 Å². The van der Waals surface area contributed by atoms with Crippen LogP contribution in [-0.4, -0.2) is 86.9 Å². The third-order valence-electron chi connectivity index (χ3n) is 13.2. The largest absolute Gasteiger partial charge is 0.496 e. The van der Waals surface area contributed by atoms with E-state index in [0.717, 1.165) is 5.56 Å². The van der Waals surface area contributed by atoms with E-state index < -0.39 is 70.3 Å². The summed E-state index contributed by atoms with van der Waals surface area (Å²) >= 11 is 0. The minimum Gasteiger partial charge on any atom is -0.496 e. The van der Waals surface area contributed by atoms with Crippen LogP contribution in [0.3, 0.4) is 0 Å². The minimum atomic E-state index is -2.07. The molecule has 4 aliphatic carbocycles. The van der Waals surface area contributed by atoms with E-state index in [4.69, 9.17) is 19.9 Å². The summed E-state index contributed by atoms with van der Waals surface area (Å²) < 4.78 is 35.3. The van der Waals surface area contributed by atoms with Crippen LogP contribution in [0.25, 0.3) is 0 Å². The molecule has 0 aliphatic heterocycles. The van der Waals surface area contributed by atoms with Crippen molar-refractivity contribution in [1.29, 1.82) is 0 Å². The van der Waals surface area contributed by atoms with E-state index in [1.165, 1.54) is 26.4 Å². The minimum absolute atomic E-state index is 0.0770. The highest BCUT2D eigenvalue weighted by atomic mass is 19.1. The number of nitrogens with one attached hydrogen (secondary N) is 1. The fraction of sp³-hybridized carbons (Fsp3) is 0.524. The second-order valence-electron chi connectivity index (χ2n) is 16.1. The van der Waals surface area contributed by atoms with E-state index in [1.54, 1.807) is 44.1 Å². The summed E-state index contributed by atoms with van der Waals surface area (Å²) in [6, 6.07) is 11.6. The van der Waals surface area contributed by atoms with Crippen molar-refractivity contribution in [3.63, 3.8) is 0 Å². The zero-order chi connectivity index (χ0) is 39.4. The van der Waals surface area contributed by atoms with Crippen LogP contribution < -0.4 is 20.7 Å². The zero-order valence-electron chi connectivity index (χ0n) is 32.1. The van der Waals surface area contributed by atoms with Gasteiger partial charge in [0.25, 0.3) is 0 Å². The molecule has 1 amide bonds. The fourth-order valence-corrected chi connectivity index (χ4v) is 10.5. The SMILES string of the molecule is COc1cc(N(C)C)cc(NC(=O)[C@@H](N)Cc2ccccc2)c1C(=O)OCC(=O)[C@@]1(OC)[C@H](C)CC2[C@@H]3CCC4=CC(=O)C=C[C@]4(C)[C@@]3(F)[C@@H](O)C[C@@]21C. The summed E-state index contributed by atoms with van der Waals surface area (Å²) in [6.07, 6.45) is 4.52. The first-order valence-electron chi connectivity index (χ1n) is 18.5. The molecule has 2 aromatic carbocycles. The van der Waals surface area contributed by atoms with Crippen molar-refractivity contribution < 1.29 is 42.9 Å². The number of carbonyl (C=O) groups is 4. The average molecular weight is 746 g/mol. The highest BCUT2D eigenvalue weighted by Crippen LogP contribution is 2.71. The normalized spacial score (nSPS) is 33.1. The van der Waals surface area contributed by atoms with Gasteiger partial charge in [-0.15, -0.1) is 0 Å². The number of hydrogen-bond acceptors (Lipinski definition) is 10. The van der Waals surface area contributed by atoms with Gasteiger partial charge in [0, 0.05) is 49.7 Å². The lowest BCUT2D eigenvalue weighted by atomic mass is 9.44. The Hall–Kier alpha value is -4.39. The van der Waals surface area contributed by atoms with Crippen molar-refractivity contribution in [2.45, 2.75) is 76.3 Å². The van der Waals surface area contributed by atoms with E-state index in [2.05, 4.69) is 5.32 Å². The number of fused-ring (bicyclic) bond motifs is 5. The highest BCUT2D eigenvalue weighted by molar-refractivity contribution is 6.06. The van der Waals surface area contributed by atoms with Crippen molar-refractivity contribution in [2.75, 3.05) is 45.1 Å². The molecule has 3 fully saturated rings. The molecule has 0 heterocycles. The van der Waals surface area contributed by atoms with E-state index >= 15 is 4.39 Å². The average Bonchev–Trinajstić information content (AvgIpc) is 3.36. The maximum atomic E-state index is 17.7. The number of carbonyl (C=O) groups excluding carboxylic acids is 4. The first-order valence-corrected chi connectivity index (χ1v) is 18.5. The van der Waals surface area contributed by atoms with Gasteiger partial charge in [0.2, 0.25) is 11.7 Å². The predicted molar refractivity (Wildman–Crippen MR) is 202 cm³/mol. The molecule has 3 saturated carbocycles. The molecule has 0 bridgehead atoms. The Morgan fingerprint density at radius 1 is 1.11 bits per heavy atom. The number of methoxy groups -OCH3 is 2. The topological polar surface area (TPSA) is 157 Å². The summed E-state index contributed by atoms with van der Waals surface area (Å²) in [6.45, 7) is 4.81. The Kier molecular flexibility index (Phi) is 10.4. The van der Waals surface area contributed by atoms with Gasteiger partial charge in [-0.25, -0.2) is 9.18 Å². The fourth-order valence-electron chi connectivity index (χ4n) is 10.5. The Bertz CT molecular complexity index is 1900. The molecule has 9 atom stereocenters. The molecule has 0 radical (unpaired) electrons. The molecule has 12 heteroatoms. The maximum Gasteiger partial charge on any atom is 0.344 e. The van der Waals surface area contributed by atoms with Gasteiger partial charge >= 0.3 is 5.97 Å². The van der Waals surface area contributed by atoms with E-state index in [0.29, 0.717) is 30.5 Å². The third kappa shape index (κ3) is 5.97. The van der Waals surface area contributed by atoms with Gasteiger partial charge in [-0.2, -0.15) is 0 Å². The van der Waals surface area contributed by atoms with E-state index in [1.807, 2.05) is 44.2 Å². The Labute approximate surface area is 316 Å². The Morgan fingerprint density at radius 3 is 2.46 bits per heavy atom. The van der Waals surface area contributed by atoms with Gasteiger partial charge in [-0.05, 0) is 74.6 Å². The summed E-state index contributed by atoms with van der Waals surface area (Å²) in [5.74, 6) is -3.44. The van der Waals surface area contributed by atoms with Crippen LogP contribution >= 0.6 is 0 Å². The summed E-state index contributed by atoms with van der Waals surface area (Å²) in [7, 11) is 6.41. The molecule has 0 saturated heterocycles. The van der Waals surface area contributed by atoms with Crippen LogP contribution in [0.1, 0.15) is 62.4 Å². The van der Waals surface area contributed by atoms with Crippen LogP contribution in [0.2, 0.25) is 0 Å². The van der Waals surface area contributed by atoms with Crippen molar-refractivity contribution in [1.82, 2.24) is 0 Å². The smallest absolute Gasteiger partial charge is 0.344 e. The number of benzene rings is 2. The molecular formula is C42H52FN3O8. The lowest BCUT2D eigenvalue weighted by Gasteiger charge is -2.63. The Balaban J connectivity index is 1.27. The van der Waals surface area contributed by atoms with Gasteiger partial charge in [-0.1, -0.05) is 55.8 Å². The number of ketones is 2. The number of nitrogens with two attached hydrogens (primary N) is 1. The van der Waals surface area contributed by atoms with Gasteiger partial charge in [0.15, 0.2) is 18.1 Å². The maximum absolute atomic E-state index is 17.7. The van der Waals surface area contributed by atoms with E-state index in [9.17, 15) is 24.3 Å². The molecule has 290 valence electrons. The molecule has 0 aromatic heterocycles. The van der Waals surface area contributed by atoms with Gasteiger partial charge < -0.3 is 35.3 Å². The first-order chi connectivity index (χ1) is 25.5. The predicted octanol–water partition coefficient (Wildman–Crippen LogP) is 5.00. The first kappa shape index (κ1) is 39.3. The molecular weight excluding hydrogens is 693 g/mol. The number of anilines is 2. The number of hydrogen-bond donors (Lipinski definition) is 3. The van der Waals surface area contributed by atoms with Crippen LogP contribution in [0.15, 0.2) is 66.3 Å². The molecule has 2 aromatic rings. The number of nitrogens with zero attached hydrogens (tertiary/aromatic N) is 1. The number of aliphatic hydroxyl groups excluding tert-OH is 1. The Morgan fingerprint density at radius 2 is 1.81 bits per heavy atom. The lowest BCUT2D eigenvalue weighted by Crippen LogP contribution is -2.69. The number of amides is 1. The summed E-state index contributed by atoms with van der Waals surface area (Å²) in [4.78, 5) is 55.9. The van der Waals surface area contributed by atoms with Crippen LogP contribution in [0, 0.1) is 28.6 Å². The zero-order valence-corrected chi connectivity index (χ0v) is 32.1. The molecule has 54 heavy (non-hydrogen) atoms. The number of aliphatic hydroxyl groups is 1. The molecule has 11 nitrogen and oxygen atoms in total. The van der Waals surface area contributed by atoms with Crippen molar-refractivity contribution in [2.24, 2.45) is 34.3 Å². The molecule has 1 unspecified atom stereocenters. The number of ether oxygens (including phenoxy) is 3. The summed E-state index contributed by atoms with van der Waals surface area (Å²) in [5.41, 5.74) is 2.66. The van der Waals surface area contributed by atoms with Crippen molar-refractivity contribution in [3.05, 3.63) is 77.4 Å². The molecule has 4 N–H and O–H groups in total. The third-order valence-corrected chi connectivity index (χ3v) is 13.2. The molecule has 4 aliphatic rings. The lowest BCUT2D eigenvalue weighted by molar-refractivity contribution is -0.224. The number of rotatable bonds is 11. The number of halogens is 1. The standard InChI is InChI=1S/C42H52FN3O8/c1-24-17-30-29-14-13-26-19-28(47)15-16-39(26,2)41(29,43)34(48)22-40(30,3)42(24,53-7)35(49)23-54-38(51)36-32(20-27(46(4)5)21-33(36)52-6)45-37(50)31(44)18-25-11-9-8-10-12-25/h8-12,15-16,19-21,24,29-31,34,48H,13-14,17-18,22-23,44H2,1-7H3,(H,45,50)/t24-,29+,30?,31+,34+,39+,40+,41+,42+/m1/s1. The highest BCUT2D eigenvalue weighted by Gasteiger charge is 2.76. The number of esters is 1. The second-order valence-corrected chi connectivity index (χ2v) is 16.1. The van der Waals surface area contributed by atoms with Gasteiger partial charge in [0.1, 0.15) is 16.9 Å². The number of allylic oxidation sites excluding steroid dienone is 4. The van der Waals surface area contributed by atoms with Crippen LogP contribution in [0.4, 0.5) is 15.8 Å². The second kappa shape index (κ2) is 14.4.